The average Bonchev–Trinajstić information content (AvgIpc) is 3.09. The zero-order valence-electron chi connectivity index (χ0n) is 14.9. The molecule has 6 nitrogen and oxygen atoms in total. The van der Waals surface area contributed by atoms with E-state index in [0.29, 0.717) is 24.8 Å². The third-order valence-electron chi connectivity index (χ3n) is 3.68. The largest absolute Gasteiger partial charge is 0.489 e. The number of halogens is 1. The van der Waals surface area contributed by atoms with Gasteiger partial charge in [0, 0.05) is 19.2 Å². The fraction of sp³-hybridized carbons (Fsp3) is 0.444. The summed E-state index contributed by atoms with van der Waals surface area (Å²) in [4.78, 5) is 4.17. The maximum atomic E-state index is 13.2. The SMILES string of the molecule is CCc1cc(CNC(=NC)NCC(CC)Oc2cccc(F)c2)on1. The van der Waals surface area contributed by atoms with E-state index in [1.165, 1.54) is 12.1 Å². The number of hydrogen-bond acceptors (Lipinski definition) is 4. The van der Waals surface area contributed by atoms with E-state index in [4.69, 9.17) is 9.26 Å². The highest BCUT2D eigenvalue weighted by atomic mass is 19.1. The fourth-order valence-corrected chi connectivity index (χ4v) is 2.21. The molecule has 7 heteroatoms. The molecule has 2 aromatic rings. The van der Waals surface area contributed by atoms with E-state index < -0.39 is 0 Å². The molecule has 0 bridgehead atoms. The second-order valence-electron chi connectivity index (χ2n) is 5.55. The Labute approximate surface area is 147 Å². The van der Waals surface area contributed by atoms with Gasteiger partial charge in [0.05, 0.1) is 18.8 Å². The summed E-state index contributed by atoms with van der Waals surface area (Å²) >= 11 is 0. The number of aromatic nitrogens is 1. The summed E-state index contributed by atoms with van der Waals surface area (Å²) in [5.41, 5.74) is 0.925. The Bertz CT molecular complexity index is 687. The van der Waals surface area contributed by atoms with Gasteiger partial charge in [0.2, 0.25) is 0 Å². The Morgan fingerprint density at radius 1 is 1.32 bits per heavy atom. The van der Waals surface area contributed by atoms with Crippen LogP contribution < -0.4 is 15.4 Å². The number of aryl methyl sites for hydroxylation is 1. The Balaban J connectivity index is 1.81. The van der Waals surface area contributed by atoms with E-state index in [1.807, 2.05) is 19.9 Å². The second-order valence-corrected chi connectivity index (χ2v) is 5.55. The second kappa shape index (κ2) is 9.66. The zero-order valence-corrected chi connectivity index (χ0v) is 14.9. The van der Waals surface area contributed by atoms with Crippen molar-refractivity contribution in [3.05, 3.63) is 47.6 Å². The summed E-state index contributed by atoms with van der Waals surface area (Å²) < 4.78 is 24.3. The number of nitrogens with one attached hydrogen (secondary N) is 2. The molecule has 2 rings (SSSR count). The van der Waals surface area contributed by atoms with Crippen LogP contribution in [0, 0.1) is 5.82 Å². The highest BCUT2D eigenvalue weighted by Crippen LogP contribution is 2.14. The first kappa shape index (κ1) is 18.8. The minimum absolute atomic E-state index is 0.0997. The molecule has 25 heavy (non-hydrogen) atoms. The molecule has 1 aromatic heterocycles. The van der Waals surface area contributed by atoms with Crippen molar-refractivity contribution >= 4 is 5.96 Å². The number of benzene rings is 1. The van der Waals surface area contributed by atoms with Gasteiger partial charge >= 0.3 is 0 Å². The topological polar surface area (TPSA) is 71.7 Å². The quantitative estimate of drug-likeness (QED) is 0.567. The van der Waals surface area contributed by atoms with E-state index in [1.54, 1.807) is 19.2 Å². The summed E-state index contributed by atoms with van der Waals surface area (Å²) in [5.74, 6) is 1.60. The molecule has 0 aliphatic heterocycles. The number of guanidine groups is 1. The lowest BCUT2D eigenvalue weighted by atomic mass is 10.2. The lowest BCUT2D eigenvalue weighted by Crippen LogP contribution is -2.42. The molecular weight excluding hydrogens is 323 g/mol. The smallest absolute Gasteiger partial charge is 0.191 e. The van der Waals surface area contributed by atoms with Gasteiger partial charge in [-0.3, -0.25) is 4.99 Å². The third-order valence-corrected chi connectivity index (χ3v) is 3.68. The van der Waals surface area contributed by atoms with Crippen LogP contribution in [0.3, 0.4) is 0 Å². The molecule has 136 valence electrons. The van der Waals surface area contributed by atoms with Crippen molar-refractivity contribution < 1.29 is 13.7 Å². The minimum Gasteiger partial charge on any atom is -0.489 e. The van der Waals surface area contributed by atoms with Crippen molar-refractivity contribution in [3.63, 3.8) is 0 Å². The van der Waals surface area contributed by atoms with Gasteiger partial charge < -0.3 is 19.9 Å². The molecule has 0 radical (unpaired) electrons. The predicted molar refractivity (Wildman–Crippen MR) is 95.2 cm³/mol. The number of ether oxygens (including phenoxy) is 1. The van der Waals surface area contributed by atoms with Gasteiger partial charge in [-0.1, -0.05) is 25.1 Å². The maximum absolute atomic E-state index is 13.2. The van der Waals surface area contributed by atoms with Gasteiger partial charge in [-0.15, -0.1) is 0 Å². The number of hydrogen-bond donors (Lipinski definition) is 2. The summed E-state index contributed by atoms with van der Waals surface area (Å²) in [6.45, 7) is 5.08. The molecule has 1 unspecified atom stereocenters. The lowest BCUT2D eigenvalue weighted by molar-refractivity contribution is 0.198. The molecule has 0 saturated heterocycles. The molecule has 0 aliphatic carbocycles. The van der Waals surface area contributed by atoms with Crippen LogP contribution in [-0.4, -0.2) is 30.8 Å². The van der Waals surface area contributed by atoms with Crippen molar-refractivity contribution in [1.82, 2.24) is 15.8 Å². The standard InChI is InChI=1S/C18H25FN4O2/c1-4-14-10-17(25-23-14)12-22-18(20-3)21-11-15(5-2)24-16-8-6-7-13(19)9-16/h6-10,15H,4-5,11-12H2,1-3H3,(H2,20,21,22). The molecule has 1 aromatic carbocycles. The molecule has 0 fully saturated rings. The van der Waals surface area contributed by atoms with Gasteiger partial charge in [-0.25, -0.2) is 4.39 Å². The Morgan fingerprint density at radius 3 is 2.80 bits per heavy atom. The number of aliphatic imine (C=N–C) groups is 1. The molecular formula is C18H25FN4O2. The minimum atomic E-state index is -0.309. The Kier molecular flexibility index (Phi) is 7.25. The normalized spacial score (nSPS) is 12.7. The first-order valence-corrected chi connectivity index (χ1v) is 8.45. The van der Waals surface area contributed by atoms with Gasteiger partial charge in [-0.05, 0) is 25.0 Å². The predicted octanol–water partition coefficient (Wildman–Crippen LogP) is 2.90. The van der Waals surface area contributed by atoms with Gasteiger partial charge in [0.1, 0.15) is 17.7 Å². The van der Waals surface area contributed by atoms with Crippen LogP contribution in [0.4, 0.5) is 4.39 Å². The van der Waals surface area contributed by atoms with Gasteiger partial charge in [0.25, 0.3) is 0 Å². The van der Waals surface area contributed by atoms with Crippen LogP contribution in [0.25, 0.3) is 0 Å². The van der Waals surface area contributed by atoms with Crippen molar-refractivity contribution in [2.45, 2.75) is 39.3 Å². The molecule has 1 heterocycles. The van der Waals surface area contributed by atoms with E-state index in [2.05, 4.69) is 20.8 Å². The van der Waals surface area contributed by atoms with E-state index in [0.717, 1.165) is 24.3 Å². The summed E-state index contributed by atoms with van der Waals surface area (Å²) in [7, 11) is 1.70. The zero-order chi connectivity index (χ0) is 18.1. The molecule has 0 spiro atoms. The third kappa shape index (κ3) is 6.10. The average molecular weight is 348 g/mol. The van der Waals surface area contributed by atoms with Gasteiger partial charge in [0.15, 0.2) is 11.7 Å². The molecule has 2 N–H and O–H groups in total. The molecule has 1 atom stereocenters. The number of rotatable bonds is 8. The van der Waals surface area contributed by atoms with Crippen LogP contribution in [-0.2, 0) is 13.0 Å². The maximum Gasteiger partial charge on any atom is 0.191 e. The highest BCUT2D eigenvalue weighted by molar-refractivity contribution is 5.79. The molecule has 0 amide bonds. The molecule has 0 saturated carbocycles. The summed E-state index contributed by atoms with van der Waals surface area (Å²) in [6, 6.07) is 8.07. The van der Waals surface area contributed by atoms with Crippen LogP contribution in [0.2, 0.25) is 0 Å². The fourth-order valence-electron chi connectivity index (χ4n) is 2.21. The first-order valence-electron chi connectivity index (χ1n) is 8.45. The van der Waals surface area contributed by atoms with Crippen LogP contribution >= 0.6 is 0 Å². The highest BCUT2D eigenvalue weighted by Gasteiger charge is 2.10. The van der Waals surface area contributed by atoms with Crippen molar-refractivity contribution in [2.24, 2.45) is 4.99 Å². The number of nitrogens with zero attached hydrogens (tertiary/aromatic N) is 2. The van der Waals surface area contributed by atoms with E-state index in [-0.39, 0.29) is 11.9 Å². The van der Waals surface area contributed by atoms with Crippen LogP contribution in [0.15, 0.2) is 39.8 Å². The van der Waals surface area contributed by atoms with Crippen molar-refractivity contribution in [1.29, 1.82) is 0 Å². The Morgan fingerprint density at radius 2 is 2.16 bits per heavy atom. The summed E-state index contributed by atoms with van der Waals surface area (Å²) in [6.07, 6.45) is 1.52. The molecule has 0 aliphatic rings. The van der Waals surface area contributed by atoms with Crippen LogP contribution in [0.5, 0.6) is 5.75 Å². The first-order chi connectivity index (χ1) is 12.1. The summed E-state index contributed by atoms with van der Waals surface area (Å²) in [5, 5.41) is 10.3. The Hall–Kier alpha value is -2.57. The lowest BCUT2D eigenvalue weighted by Gasteiger charge is -2.19. The van der Waals surface area contributed by atoms with Crippen molar-refractivity contribution in [3.8, 4) is 5.75 Å². The van der Waals surface area contributed by atoms with Crippen molar-refractivity contribution in [2.75, 3.05) is 13.6 Å². The van der Waals surface area contributed by atoms with Crippen LogP contribution in [0.1, 0.15) is 31.7 Å². The van der Waals surface area contributed by atoms with E-state index in [9.17, 15) is 4.39 Å². The monoisotopic (exact) mass is 348 g/mol. The van der Waals surface area contributed by atoms with Gasteiger partial charge in [-0.2, -0.15) is 0 Å². The van der Waals surface area contributed by atoms with E-state index >= 15 is 0 Å².